The van der Waals surface area contributed by atoms with E-state index in [4.69, 9.17) is 9.47 Å². The van der Waals surface area contributed by atoms with Crippen molar-refractivity contribution < 1.29 is 14.3 Å². The van der Waals surface area contributed by atoms with Gasteiger partial charge in [-0.25, -0.2) is 0 Å². The van der Waals surface area contributed by atoms with Crippen LogP contribution in [-0.4, -0.2) is 38.4 Å². The first-order valence-electron chi connectivity index (χ1n) is 5.65. The van der Waals surface area contributed by atoms with Gasteiger partial charge in [0, 0.05) is 12.6 Å². The molecule has 15 heavy (non-hydrogen) atoms. The van der Waals surface area contributed by atoms with Gasteiger partial charge in [-0.1, -0.05) is 13.8 Å². The number of hydrogen-bond donors (Lipinski definition) is 1. The minimum absolute atomic E-state index is 0.126. The minimum Gasteiger partial charge on any atom is -0.466 e. The van der Waals surface area contributed by atoms with Crippen LogP contribution in [0.5, 0.6) is 0 Å². The summed E-state index contributed by atoms with van der Waals surface area (Å²) in [6, 6.07) is 0.130. The van der Waals surface area contributed by atoms with Crippen LogP contribution in [0, 0.1) is 5.92 Å². The monoisotopic (exact) mass is 215 g/mol. The lowest BCUT2D eigenvalue weighted by molar-refractivity contribution is -0.145. The first-order chi connectivity index (χ1) is 7.18. The van der Waals surface area contributed by atoms with Crippen molar-refractivity contribution in [3.8, 4) is 0 Å². The second kappa shape index (κ2) is 6.80. The lowest BCUT2D eigenvalue weighted by Crippen LogP contribution is -2.42. The molecular weight excluding hydrogens is 194 g/mol. The molecule has 1 rings (SSSR count). The maximum Gasteiger partial charge on any atom is 0.307 e. The Morgan fingerprint density at radius 2 is 2.40 bits per heavy atom. The molecule has 0 aromatic rings. The number of hydrogen-bond acceptors (Lipinski definition) is 4. The van der Waals surface area contributed by atoms with Crippen molar-refractivity contribution in [3.63, 3.8) is 0 Å². The molecule has 1 aliphatic heterocycles. The van der Waals surface area contributed by atoms with Crippen molar-refractivity contribution >= 4 is 5.97 Å². The fourth-order valence-corrected chi connectivity index (χ4v) is 1.42. The summed E-state index contributed by atoms with van der Waals surface area (Å²) in [7, 11) is 0. The number of esters is 1. The van der Waals surface area contributed by atoms with Crippen molar-refractivity contribution in [2.24, 2.45) is 5.92 Å². The molecule has 1 fully saturated rings. The summed E-state index contributed by atoms with van der Waals surface area (Å²) in [6.45, 7) is 6.93. The molecule has 0 aromatic heterocycles. The lowest BCUT2D eigenvalue weighted by Gasteiger charge is -2.22. The summed E-state index contributed by atoms with van der Waals surface area (Å²) in [6.07, 6.45) is 1.35. The van der Waals surface area contributed by atoms with Crippen LogP contribution in [0.1, 0.15) is 26.7 Å². The smallest absolute Gasteiger partial charge is 0.307 e. The zero-order chi connectivity index (χ0) is 11.1. The Morgan fingerprint density at radius 1 is 1.60 bits per heavy atom. The Morgan fingerprint density at radius 3 is 3.00 bits per heavy atom. The molecule has 0 saturated carbocycles. The average Bonchev–Trinajstić information content (AvgIpc) is 2.18. The highest BCUT2D eigenvalue weighted by molar-refractivity contribution is 5.70. The third kappa shape index (κ3) is 5.74. The molecule has 1 heterocycles. The van der Waals surface area contributed by atoms with E-state index in [1.165, 1.54) is 0 Å². The largest absolute Gasteiger partial charge is 0.466 e. The van der Waals surface area contributed by atoms with Crippen molar-refractivity contribution in [2.75, 3.05) is 26.4 Å². The first-order valence-corrected chi connectivity index (χ1v) is 5.65. The van der Waals surface area contributed by atoms with Gasteiger partial charge in [-0.2, -0.15) is 0 Å². The summed E-state index contributed by atoms with van der Waals surface area (Å²) < 4.78 is 10.4. The van der Waals surface area contributed by atoms with E-state index in [1.54, 1.807) is 0 Å². The average molecular weight is 215 g/mol. The second-order valence-corrected chi connectivity index (χ2v) is 4.33. The molecule has 1 atom stereocenters. The molecule has 88 valence electrons. The second-order valence-electron chi connectivity index (χ2n) is 4.33. The molecule has 1 unspecified atom stereocenters. The maximum absolute atomic E-state index is 11.4. The summed E-state index contributed by atoms with van der Waals surface area (Å²) in [4.78, 5) is 11.4. The van der Waals surface area contributed by atoms with E-state index >= 15 is 0 Å². The van der Waals surface area contributed by atoms with Crippen molar-refractivity contribution in [1.82, 2.24) is 5.32 Å². The maximum atomic E-state index is 11.4. The predicted octanol–water partition coefficient (Wildman–Crippen LogP) is 0.954. The molecule has 0 amide bonds. The molecule has 0 aliphatic carbocycles. The summed E-state index contributed by atoms with van der Waals surface area (Å²) >= 11 is 0. The van der Waals surface area contributed by atoms with Crippen LogP contribution in [0.25, 0.3) is 0 Å². The molecule has 1 aliphatic rings. The number of morpholine rings is 1. The Balaban J connectivity index is 2.06. The van der Waals surface area contributed by atoms with Crippen LogP contribution >= 0.6 is 0 Å². The highest BCUT2D eigenvalue weighted by Gasteiger charge is 2.17. The summed E-state index contributed by atoms with van der Waals surface area (Å²) in [5.74, 6) is 0.451. The van der Waals surface area contributed by atoms with Crippen molar-refractivity contribution in [2.45, 2.75) is 32.7 Å². The molecular formula is C11H21NO3. The highest BCUT2D eigenvalue weighted by atomic mass is 16.5. The van der Waals surface area contributed by atoms with Crippen LogP contribution in [0.3, 0.4) is 0 Å². The molecule has 0 aromatic carbocycles. The van der Waals surface area contributed by atoms with Gasteiger partial charge in [0.05, 0.1) is 26.2 Å². The van der Waals surface area contributed by atoms with E-state index < -0.39 is 0 Å². The standard InChI is InChI=1S/C11H21NO3/c1-9(2)3-5-15-11(13)7-10-8-14-6-4-12-10/h9-10,12H,3-8H2,1-2H3. The van der Waals surface area contributed by atoms with Crippen LogP contribution in [-0.2, 0) is 14.3 Å². The number of carbonyl (C=O) groups is 1. The molecule has 0 bridgehead atoms. The number of nitrogens with one attached hydrogen (secondary N) is 1. The van der Waals surface area contributed by atoms with Gasteiger partial charge < -0.3 is 14.8 Å². The van der Waals surface area contributed by atoms with Crippen LogP contribution in [0.4, 0.5) is 0 Å². The van der Waals surface area contributed by atoms with Gasteiger partial charge in [0.2, 0.25) is 0 Å². The quantitative estimate of drug-likeness (QED) is 0.694. The van der Waals surface area contributed by atoms with Gasteiger partial charge in [0.15, 0.2) is 0 Å². The number of rotatable bonds is 5. The van der Waals surface area contributed by atoms with Gasteiger partial charge in [-0.05, 0) is 12.3 Å². The summed E-state index contributed by atoms with van der Waals surface area (Å²) in [5.41, 5.74) is 0. The Kier molecular flexibility index (Phi) is 5.65. The topological polar surface area (TPSA) is 47.6 Å². The minimum atomic E-state index is -0.126. The van der Waals surface area contributed by atoms with E-state index in [0.29, 0.717) is 25.6 Å². The Labute approximate surface area is 91.3 Å². The molecule has 4 nitrogen and oxygen atoms in total. The molecule has 1 saturated heterocycles. The predicted molar refractivity (Wildman–Crippen MR) is 57.6 cm³/mol. The zero-order valence-corrected chi connectivity index (χ0v) is 9.62. The van der Waals surface area contributed by atoms with Crippen LogP contribution in [0.2, 0.25) is 0 Å². The SMILES string of the molecule is CC(C)CCOC(=O)CC1COCCN1. The van der Waals surface area contributed by atoms with Gasteiger partial charge in [-0.15, -0.1) is 0 Å². The number of carbonyl (C=O) groups excluding carboxylic acids is 1. The molecule has 0 spiro atoms. The molecule has 1 N–H and O–H groups in total. The van der Waals surface area contributed by atoms with Gasteiger partial charge in [0.25, 0.3) is 0 Å². The van der Waals surface area contributed by atoms with Crippen LogP contribution < -0.4 is 5.32 Å². The Hall–Kier alpha value is -0.610. The van der Waals surface area contributed by atoms with Crippen LogP contribution in [0.15, 0.2) is 0 Å². The third-order valence-corrected chi connectivity index (χ3v) is 2.37. The van der Waals surface area contributed by atoms with E-state index in [-0.39, 0.29) is 12.0 Å². The fourth-order valence-electron chi connectivity index (χ4n) is 1.42. The van der Waals surface area contributed by atoms with E-state index in [0.717, 1.165) is 19.6 Å². The van der Waals surface area contributed by atoms with E-state index in [2.05, 4.69) is 19.2 Å². The summed E-state index contributed by atoms with van der Waals surface area (Å²) in [5, 5.41) is 3.22. The van der Waals surface area contributed by atoms with E-state index in [1.807, 2.05) is 0 Å². The van der Waals surface area contributed by atoms with Gasteiger partial charge in [0.1, 0.15) is 0 Å². The van der Waals surface area contributed by atoms with Crippen molar-refractivity contribution in [3.05, 3.63) is 0 Å². The molecule has 0 radical (unpaired) electrons. The number of ether oxygens (including phenoxy) is 2. The van der Waals surface area contributed by atoms with E-state index in [9.17, 15) is 4.79 Å². The highest BCUT2D eigenvalue weighted by Crippen LogP contribution is 2.03. The van der Waals surface area contributed by atoms with Crippen molar-refractivity contribution in [1.29, 1.82) is 0 Å². The molecule has 4 heteroatoms. The Bertz CT molecular complexity index is 188. The fraction of sp³-hybridized carbons (Fsp3) is 0.909. The normalized spacial score (nSPS) is 21.7. The van der Waals surface area contributed by atoms with Gasteiger partial charge >= 0.3 is 5.97 Å². The third-order valence-electron chi connectivity index (χ3n) is 2.37. The first kappa shape index (κ1) is 12.5. The van der Waals surface area contributed by atoms with Gasteiger partial charge in [-0.3, -0.25) is 4.79 Å². The lowest BCUT2D eigenvalue weighted by atomic mass is 10.1. The zero-order valence-electron chi connectivity index (χ0n) is 9.62.